The van der Waals surface area contributed by atoms with Crippen molar-refractivity contribution in [2.24, 2.45) is 0 Å². The zero-order valence-corrected chi connectivity index (χ0v) is 8.69. The lowest BCUT2D eigenvalue weighted by Crippen LogP contribution is -2.16. The van der Waals surface area contributed by atoms with Crippen LogP contribution in [0.3, 0.4) is 0 Å². The lowest BCUT2D eigenvalue weighted by molar-refractivity contribution is -0.131. The Morgan fingerprint density at radius 1 is 1.60 bits per heavy atom. The topological polar surface area (TPSA) is 62.5 Å². The summed E-state index contributed by atoms with van der Waals surface area (Å²) >= 11 is 0. The zero-order chi connectivity index (χ0) is 11.1. The summed E-state index contributed by atoms with van der Waals surface area (Å²) in [6.07, 6.45) is 3.52. The molecule has 0 saturated carbocycles. The van der Waals surface area contributed by atoms with Gasteiger partial charge in [0.1, 0.15) is 11.5 Å². The van der Waals surface area contributed by atoms with E-state index >= 15 is 0 Å². The Balaban J connectivity index is 2.09. The average molecular weight is 209 g/mol. The Morgan fingerprint density at radius 2 is 2.40 bits per heavy atom. The summed E-state index contributed by atoms with van der Waals surface area (Å²) in [5.41, 5.74) is 0. The quantitative estimate of drug-likeness (QED) is 0.548. The summed E-state index contributed by atoms with van der Waals surface area (Å²) < 4.78 is 5.38. The van der Waals surface area contributed by atoms with Gasteiger partial charge in [0.15, 0.2) is 0 Å². The van der Waals surface area contributed by atoms with E-state index in [0.29, 0.717) is 6.54 Å². The second kappa shape index (κ2) is 6.03. The molecule has 4 heteroatoms. The number of hydrogen-bond acceptors (Lipinski definition) is 3. The monoisotopic (exact) mass is 209 g/mol. The summed E-state index contributed by atoms with van der Waals surface area (Å²) in [5, 5.41) is 11.4. The maximum atomic E-state index is 10.1. The van der Waals surface area contributed by atoms with Gasteiger partial charge in [0.25, 0.3) is 0 Å². The third kappa shape index (κ3) is 5.02. The zero-order valence-electron chi connectivity index (χ0n) is 8.69. The molecule has 0 aromatic carbocycles. The smallest absolute Gasteiger partial charge is 0.328 e. The molecule has 0 aliphatic rings. The molecule has 1 aromatic rings. The maximum Gasteiger partial charge on any atom is 0.328 e. The van der Waals surface area contributed by atoms with Gasteiger partial charge in [0, 0.05) is 25.6 Å². The molecule has 0 amide bonds. The van der Waals surface area contributed by atoms with Crippen molar-refractivity contribution in [2.75, 3.05) is 13.1 Å². The molecular weight excluding hydrogens is 194 g/mol. The number of nitrogens with one attached hydrogen (secondary N) is 1. The Bertz CT molecular complexity index is 341. The number of carboxylic acid groups (broad SMARTS) is 1. The van der Waals surface area contributed by atoms with E-state index in [0.717, 1.165) is 30.6 Å². The van der Waals surface area contributed by atoms with Gasteiger partial charge in [-0.15, -0.1) is 0 Å². The molecule has 0 aliphatic carbocycles. The predicted molar refractivity (Wildman–Crippen MR) is 56.8 cm³/mol. The Hall–Kier alpha value is -1.55. The molecule has 0 spiro atoms. The summed E-state index contributed by atoms with van der Waals surface area (Å²) in [5.74, 6) is 0.941. The molecule has 4 nitrogen and oxygen atoms in total. The maximum absolute atomic E-state index is 10.1. The van der Waals surface area contributed by atoms with E-state index in [-0.39, 0.29) is 0 Å². The van der Waals surface area contributed by atoms with Crippen LogP contribution in [0.1, 0.15) is 11.5 Å². The lowest BCUT2D eigenvalue weighted by atomic mass is 10.3. The van der Waals surface area contributed by atoms with E-state index < -0.39 is 5.97 Å². The largest absolute Gasteiger partial charge is 0.478 e. The lowest BCUT2D eigenvalue weighted by Gasteiger charge is -1.98. The SMILES string of the molecule is Cc1ccc(CCNC/C=C/C(=O)O)o1. The highest BCUT2D eigenvalue weighted by Crippen LogP contribution is 2.05. The van der Waals surface area contributed by atoms with Crippen molar-refractivity contribution in [3.8, 4) is 0 Å². The molecule has 1 heterocycles. The molecule has 2 N–H and O–H groups in total. The van der Waals surface area contributed by atoms with Gasteiger partial charge in [0.05, 0.1) is 0 Å². The first kappa shape index (κ1) is 11.5. The average Bonchev–Trinajstić information content (AvgIpc) is 2.57. The van der Waals surface area contributed by atoms with Crippen LogP contribution < -0.4 is 5.32 Å². The third-order valence-electron chi connectivity index (χ3n) is 1.87. The van der Waals surface area contributed by atoms with Gasteiger partial charge in [-0.1, -0.05) is 6.08 Å². The minimum Gasteiger partial charge on any atom is -0.478 e. The Morgan fingerprint density at radius 3 is 3.00 bits per heavy atom. The van der Waals surface area contributed by atoms with E-state index in [2.05, 4.69) is 5.32 Å². The minimum atomic E-state index is -0.918. The van der Waals surface area contributed by atoms with Crippen LogP contribution in [0.25, 0.3) is 0 Å². The molecule has 82 valence electrons. The Kier molecular flexibility index (Phi) is 4.63. The van der Waals surface area contributed by atoms with E-state index in [9.17, 15) is 4.79 Å². The van der Waals surface area contributed by atoms with Crippen LogP contribution >= 0.6 is 0 Å². The van der Waals surface area contributed by atoms with Crippen LogP contribution in [0, 0.1) is 6.92 Å². The van der Waals surface area contributed by atoms with E-state index in [1.54, 1.807) is 6.08 Å². The second-order valence-electron chi connectivity index (χ2n) is 3.21. The van der Waals surface area contributed by atoms with Crippen molar-refractivity contribution in [3.05, 3.63) is 35.8 Å². The number of aliphatic carboxylic acids is 1. The Labute approximate surface area is 88.6 Å². The summed E-state index contributed by atoms with van der Waals surface area (Å²) in [4.78, 5) is 10.1. The van der Waals surface area contributed by atoms with Crippen molar-refractivity contribution in [1.82, 2.24) is 5.32 Å². The van der Waals surface area contributed by atoms with Crippen LogP contribution in [-0.4, -0.2) is 24.2 Å². The van der Waals surface area contributed by atoms with E-state index in [1.165, 1.54) is 0 Å². The standard InChI is InChI=1S/C11H15NO3/c1-9-4-5-10(15-9)6-8-12-7-2-3-11(13)14/h2-5,12H,6-8H2,1H3,(H,13,14)/b3-2+. The van der Waals surface area contributed by atoms with Crippen molar-refractivity contribution in [2.45, 2.75) is 13.3 Å². The number of carboxylic acids is 1. The fraction of sp³-hybridized carbons (Fsp3) is 0.364. The summed E-state index contributed by atoms with van der Waals surface area (Å²) in [6, 6.07) is 3.88. The number of aryl methyl sites for hydroxylation is 1. The van der Waals surface area contributed by atoms with E-state index in [1.807, 2.05) is 19.1 Å². The van der Waals surface area contributed by atoms with Gasteiger partial charge in [-0.2, -0.15) is 0 Å². The molecule has 0 radical (unpaired) electrons. The predicted octanol–water partition coefficient (Wildman–Crippen LogP) is 1.36. The number of hydrogen-bond donors (Lipinski definition) is 2. The highest BCUT2D eigenvalue weighted by atomic mass is 16.4. The first-order valence-corrected chi connectivity index (χ1v) is 4.84. The van der Waals surface area contributed by atoms with Crippen LogP contribution in [0.5, 0.6) is 0 Å². The van der Waals surface area contributed by atoms with Crippen LogP contribution in [-0.2, 0) is 11.2 Å². The highest BCUT2D eigenvalue weighted by Gasteiger charge is 1.96. The number of rotatable bonds is 6. The van der Waals surface area contributed by atoms with Gasteiger partial charge < -0.3 is 14.8 Å². The van der Waals surface area contributed by atoms with Crippen molar-refractivity contribution in [3.63, 3.8) is 0 Å². The van der Waals surface area contributed by atoms with Gasteiger partial charge in [-0.05, 0) is 19.1 Å². The van der Waals surface area contributed by atoms with Gasteiger partial charge in [-0.3, -0.25) is 0 Å². The van der Waals surface area contributed by atoms with Crippen LogP contribution in [0.15, 0.2) is 28.7 Å². The number of furan rings is 1. The molecule has 1 aromatic heterocycles. The van der Waals surface area contributed by atoms with Gasteiger partial charge in [-0.25, -0.2) is 4.79 Å². The molecule has 0 atom stereocenters. The van der Waals surface area contributed by atoms with Crippen LogP contribution in [0.2, 0.25) is 0 Å². The first-order chi connectivity index (χ1) is 7.18. The summed E-state index contributed by atoms with van der Waals surface area (Å²) in [7, 11) is 0. The molecular formula is C11H15NO3. The molecule has 0 aliphatic heterocycles. The highest BCUT2D eigenvalue weighted by molar-refractivity contribution is 5.79. The first-order valence-electron chi connectivity index (χ1n) is 4.84. The molecule has 1 rings (SSSR count). The minimum absolute atomic E-state index is 0.561. The fourth-order valence-corrected chi connectivity index (χ4v) is 1.18. The van der Waals surface area contributed by atoms with Crippen LogP contribution in [0.4, 0.5) is 0 Å². The van der Waals surface area contributed by atoms with Crippen molar-refractivity contribution in [1.29, 1.82) is 0 Å². The van der Waals surface area contributed by atoms with Gasteiger partial charge >= 0.3 is 5.97 Å². The molecule has 0 unspecified atom stereocenters. The fourth-order valence-electron chi connectivity index (χ4n) is 1.18. The molecule has 0 fully saturated rings. The molecule has 15 heavy (non-hydrogen) atoms. The number of carbonyl (C=O) groups is 1. The summed E-state index contributed by atoms with van der Waals surface area (Å²) in [6.45, 7) is 3.25. The normalized spacial score (nSPS) is 11.0. The van der Waals surface area contributed by atoms with Crippen molar-refractivity contribution >= 4 is 5.97 Å². The van der Waals surface area contributed by atoms with Crippen molar-refractivity contribution < 1.29 is 14.3 Å². The van der Waals surface area contributed by atoms with E-state index in [4.69, 9.17) is 9.52 Å². The van der Waals surface area contributed by atoms with Gasteiger partial charge in [0.2, 0.25) is 0 Å². The third-order valence-corrected chi connectivity index (χ3v) is 1.87. The second-order valence-corrected chi connectivity index (χ2v) is 3.21. The molecule has 0 saturated heterocycles. The molecule has 0 bridgehead atoms.